The third-order valence-electron chi connectivity index (χ3n) is 4.71. The molecule has 3 rings (SSSR count). The molecule has 0 saturated carbocycles. The van der Waals surface area contributed by atoms with E-state index in [1.807, 2.05) is 0 Å². The third-order valence-corrected chi connectivity index (χ3v) is 4.71. The van der Waals surface area contributed by atoms with Gasteiger partial charge in [0.1, 0.15) is 5.69 Å². The van der Waals surface area contributed by atoms with Gasteiger partial charge in [-0.3, -0.25) is 9.59 Å². The molecule has 9 heteroatoms. The Balaban J connectivity index is 1.66. The molecule has 1 aliphatic rings. The van der Waals surface area contributed by atoms with E-state index in [2.05, 4.69) is 4.98 Å². The molecule has 1 aliphatic heterocycles. The number of rotatable bonds is 5. The van der Waals surface area contributed by atoms with Crippen molar-refractivity contribution in [3.05, 3.63) is 53.3 Å². The van der Waals surface area contributed by atoms with Gasteiger partial charge in [-0.1, -0.05) is 0 Å². The van der Waals surface area contributed by atoms with Crippen molar-refractivity contribution in [2.45, 2.75) is 0 Å². The van der Waals surface area contributed by atoms with E-state index in [1.54, 1.807) is 28.0 Å². The molecule has 2 amide bonds. The quantitative estimate of drug-likeness (QED) is 0.809. The average Bonchev–Trinajstić information content (AvgIpc) is 2.77. The zero-order valence-corrected chi connectivity index (χ0v) is 16.1. The smallest absolute Gasteiger partial charge is 0.354 e. The van der Waals surface area contributed by atoms with Crippen LogP contribution in [0.2, 0.25) is 0 Å². The minimum atomic E-state index is -1.19. The Bertz CT molecular complexity index is 938. The number of hydrogen-bond acceptors (Lipinski definition) is 6. The van der Waals surface area contributed by atoms with E-state index in [0.717, 1.165) is 0 Å². The van der Waals surface area contributed by atoms with Crippen LogP contribution in [0.1, 0.15) is 31.2 Å². The number of carboxylic acid groups (broad SMARTS) is 1. The third kappa shape index (κ3) is 4.29. The van der Waals surface area contributed by atoms with Crippen LogP contribution in [0, 0.1) is 0 Å². The summed E-state index contributed by atoms with van der Waals surface area (Å²) in [7, 11) is 3.03. The standard InChI is InChI=1S/C20H21N3O6/c1-28-16-4-3-13(12-17(16)29-2)18(24)22-7-9-23(10-8-22)19(25)14-5-6-21-15(11-14)20(26)27/h3-6,11-12H,7-10H2,1-2H3,(H,26,27). The molecule has 0 unspecified atom stereocenters. The Labute approximate surface area is 167 Å². The molecular formula is C20H21N3O6. The van der Waals surface area contributed by atoms with E-state index in [1.165, 1.54) is 32.5 Å². The van der Waals surface area contributed by atoms with Gasteiger partial charge in [-0.05, 0) is 30.3 Å². The fraction of sp³-hybridized carbons (Fsp3) is 0.300. The highest BCUT2D eigenvalue weighted by Crippen LogP contribution is 2.28. The van der Waals surface area contributed by atoms with Crippen molar-refractivity contribution in [2.24, 2.45) is 0 Å². The summed E-state index contributed by atoms with van der Waals surface area (Å²) in [4.78, 5) is 43.5. The summed E-state index contributed by atoms with van der Waals surface area (Å²) in [6.07, 6.45) is 1.30. The molecular weight excluding hydrogens is 378 g/mol. The zero-order valence-electron chi connectivity index (χ0n) is 16.1. The fourth-order valence-corrected chi connectivity index (χ4v) is 3.13. The van der Waals surface area contributed by atoms with Gasteiger partial charge < -0.3 is 24.4 Å². The van der Waals surface area contributed by atoms with Crippen molar-refractivity contribution in [1.82, 2.24) is 14.8 Å². The predicted octanol–water partition coefficient (Wildman–Crippen LogP) is 1.40. The van der Waals surface area contributed by atoms with Crippen LogP contribution in [0.3, 0.4) is 0 Å². The largest absolute Gasteiger partial charge is 0.493 e. The summed E-state index contributed by atoms with van der Waals surface area (Å²) < 4.78 is 10.4. The van der Waals surface area contributed by atoms with Gasteiger partial charge in [-0.15, -0.1) is 0 Å². The van der Waals surface area contributed by atoms with Crippen molar-refractivity contribution in [3.63, 3.8) is 0 Å². The number of methoxy groups -OCH3 is 2. The lowest BCUT2D eigenvalue weighted by atomic mass is 10.1. The molecule has 1 N–H and O–H groups in total. The molecule has 1 aromatic carbocycles. The van der Waals surface area contributed by atoms with E-state index in [4.69, 9.17) is 14.6 Å². The number of aromatic carboxylic acids is 1. The SMILES string of the molecule is COc1ccc(C(=O)N2CCN(C(=O)c3ccnc(C(=O)O)c3)CC2)cc1OC. The first-order chi connectivity index (χ1) is 13.9. The molecule has 152 valence electrons. The lowest BCUT2D eigenvalue weighted by Gasteiger charge is -2.35. The van der Waals surface area contributed by atoms with E-state index >= 15 is 0 Å². The number of benzene rings is 1. The summed E-state index contributed by atoms with van der Waals surface area (Å²) in [6.45, 7) is 1.44. The molecule has 0 bridgehead atoms. The van der Waals surface area contributed by atoms with Gasteiger partial charge in [-0.2, -0.15) is 0 Å². The molecule has 1 aromatic heterocycles. The molecule has 9 nitrogen and oxygen atoms in total. The minimum absolute atomic E-state index is 0.157. The Kier molecular flexibility index (Phi) is 5.96. The fourth-order valence-electron chi connectivity index (χ4n) is 3.13. The van der Waals surface area contributed by atoms with Crippen LogP contribution < -0.4 is 9.47 Å². The molecule has 0 spiro atoms. The molecule has 2 aromatic rings. The number of carbonyl (C=O) groups excluding carboxylic acids is 2. The molecule has 0 aliphatic carbocycles. The second-order valence-electron chi connectivity index (χ2n) is 6.39. The van der Waals surface area contributed by atoms with Crippen molar-refractivity contribution < 1.29 is 29.0 Å². The van der Waals surface area contributed by atoms with Crippen LogP contribution in [-0.4, -0.2) is 78.1 Å². The number of ether oxygens (including phenoxy) is 2. The molecule has 1 saturated heterocycles. The van der Waals surface area contributed by atoms with E-state index < -0.39 is 5.97 Å². The van der Waals surface area contributed by atoms with Gasteiger partial charge in [0, 0.05) is 43.5 Å². The number of aromatic nitrogens is 1. The van der Waals surface area contributed by atoms with Crippen molar-refractivity contribution in [1.29, 1.82) is 0 Å². The van der Waals surface area contributed by atoms with Crippen LogP contribution in [-0.2, 0) is 0 Å². The van der Waals surface area contributed by atoms with Gasteiger partial charge in [0.15, 0.2) is 11.5 Å². The number of nitrogens with zero attached hydrogens (tertiary/aromatic N) is 3. The predicted molar refractivity (Wildman–Crippen MR) is 103 cm³/mol. The Morgan fingerprint density at radius 3 is 1.93 bits per heavy atom. The van der Waals surface area contributed by atoms with Crippen molar-refractivity contribution in [3.8, 4) is 11.5 Å². The second kappa shape index (κ2) is 8.59. The maximum absolute atomic E-state index is 12.8. The monoisotopic (exact) mass is 399 g/mol. The number of carbonyl (C=O) groups is 3. The van der Waals surface area contributed by atoms with Gasteiger partial charge in [0.2, 0.25) is 0 Å². The zero-order chi connectivity index (χ0) is 21.0. The summed E-state index contributed by atoms with van der Waals surface area (Å²) >= 11 is 0. The molecule has 0 radical (unpaired) electrons. The summed E-state index contributed by atoms with van der Waals surface area (Å²) in [6, 6.07) is 7.71. The van der Waals surface area contributed by atoms with Gasteiger partial charge >= 0.3 is 5.97 Å². The molecule has 0 atom stereocenters. The van der Waals surface area contributed by atoms with Gasteiger partial charge in [0.05, 0.1) is 14.2 Å². The summed E-state index contributed by atoms with van der Waals surface area (Å²) in [5.74, 6) is -0.620. The first kappa shape index (κ1) is 20.1. The van der Waals surface area contributed by atoms with Crippen LogP contribution in [0.15, 0.2) is 36.5 Å². The number of piperazine rings is 1. The van der Waals surface area contributed by atoms with Crippen LogP contribution in [0.25, 0.3) is 0 Å². The molecule has 1 fully saturated rings. The van der Waals surface area contributed by atoms with E-state index in [9.17, 15) is 14.4 Å². The number of hydrogen-bond donors (Lipinski definition) is 1. The first-order valence-electron chi connectivity index (χ1n) is 8.94. The summed E-state index contributed by atoms with van der Waals surface area (Å²) in [5, 5.41) is 9.03. The van der Waals surface area contributed by atoms with Crippen LogP contribution in [0.5, 0.6) is 11.5 Å². The van der Waals surface area contributed by atoms with Crippen LogP contribution in [0.4, 0.5) is 0 Å². The average molecular weight is 399 g/mol. The van der Waals surface area contributed by atoms with Crippen molar-refractivity contribution >= 4 is 17.8 Å². The molecule has 2 heterocycles. The lowest BCUT2D eigenvalue weighted by Crippen LogP contribution is -2.50. The number of amides is 2. The Morgan fingerprint density at radius 2 is 1.41 bits per heavy atom. The Hall–Kier alpha value is -3.62. The number of pyridine rings is 1. The van der Waals surface area contributed by atoms with Gasteiger partial charge in [-0.25, -0.2) is 9.78 Å². The second-order valence-corrected chi connectivity index (χ2v) is 6.39. The first-order valence-corrected chi connectivity index (χ1v) is 8.94. The van der Waals surface area contributed by atoms with Crippen molar-refractivity contribution in [2.75, 3.05) is 40.4 Å². The highest BCUT2D eigenvalue weighted by atomic mass is 16.5. The van der Waals surface area contributed by atoms with Crippen LogP contribution >= 0.6 is 0 Å². The topological polar surface area (TPSA) is 109 Å². The molecule has 29 heavy (non-hydrogen) atoms. The van der Waals surface area contributed by atoms with E-state index in [-0.39, 0.29) is 23.1 Å². The Morgan fingerprint density at radius 1 is 0.862 bits per heavy atom. The maximum Gasteiger partial charge on any atom is 0.354 e. The summed E-state index contributed by atoms with van der Waals surface area (Å²) in [5.41, 5.74) is 0.554. The lowest BCUT2D eigenvalue weighted by molar-refractivity contribution is 0.0535. The highest BCUT2D eigenvalue weighted by molar-refractivity contribution is 5.97. The normalized spacial score (nSPS) is 13.7. The van der Waals surface area contributed by atoms with Gasteiger partial charge in [0.25, 0.3) is 11.8 Å². The maximum atomic E-state index is 12.8. The minimum Gasteiger partial charge on any atom is -0.493 e. The number of carboxylic acids is 1. The van der Waals surface area contributed by atoms with E-state index in [0.29, 0.717) is 43.2 Å². The highest BCUT2D eigenvalue weighted by Gasteiger charge is 2.26.